The van der Waals surface area contributed by atoms with E-state index in [-0.39, 0.29) is 17.0 Å². The molecule has 1 atom stereocenters. The van der Waals surface area contributed by atoms with E-state index in [0.29, 0.717) is 36.7 Å². The van der Waals surface area contributed by atoms with E-state index in [4.69, 9.17) is 11.6 Å². The average Bonchev–Trinajstić information content (AvgIpc) is 3.27. The van der Waals surface area contributed by atoms with Gasteiger partial charge in [0.05, 0.1) is 0 Å². The number of hydrogen-bond acceptors (Lipinski definition) is 5. The van der Waals surface area contributed by atoms with Gasteiger partial charge in [0.2, 0.25) is 5.91 Å². The van der Waals surface area contributed by atoms with Gasteiger partial charge in [-0.15, -0.1) is 5.10 Å². The molecule has 0 spiro atoms. The number of aromatic nitrogens is 5. The predicted octanol–water partition coefficient (Wildman–Crippen LogP) is 2.65. The van der Waals surface area contributed by atoms with Gasteiger partial charge in [0.1, 0.15) is 0 Å². The molecule has 0 radical (unpaired) electrons. The number of nitrogens with one attached hydrogen (secondary N) is 1. The van der Waals surface area contributed by atoms with E-state index >= 15 is 0 Å². The number of carbonyl (C=O) groups is 1. The van der Waals surface area contributed by atoms with E-state index in [2.05, 4.69) is 25.1 Å². The van der Waals surface area contributed by atoms with Crippen LogP contribution in [-0.2, 0) is 11.2 Å². The molecule has 4 heterocycles. The van der Waals surface area contributed by atoms with Crippen molar-refractivity contribution < 1.29 is 9.18 Å². The summed E-state index contributed by atoms with van der Waals surface area (Å²) in [6, 6.07) is 4.93. The van der Waals surface area contributed by atoms with Crippen molar-refractivity contribution in [3.8, 4) is 11.4 Å². The van der Waals surface area contributed by atoms with Gasteiger partial charge in [-0.3, -0.25) is 19.8 Å². The highest BCUT2D eigenvalue weighted by molar-refractivity contribution is 6.29. The number of anilines is 1. The van der Waals surface area contributed by atoms with Crippen LogP contribution in [0, 0.1) is 11.7 Å². The SMILES string of the molecule is O=C1C(Cc2cnc(Cl)c(F)c2)CCN1c1n[nH]c(-c2ccncc2)n1. The summed E-state index contributed by atoms with van der Waals surface area (Å²) in [5, 5.41) is 6.82. The lowest BCUT2D eigenvalue weighted by Crippen LogP contribution is -2.28. The summed E-state index contributed by atoms with van der Waals surface area (Å²) in [7, 11) is 0. The smallest absolute Gasteiger partial charge is 0.251 e. The summed E-state index contributed by atoms with van der Waals surface area (Å²) in [5.41, 5.74) is 1.48. The van der Waals surface area contributed by atoms with Crippen molar-refractivity contribution >= 4 is 23.5 Å². The Hall–Kier alpha value is -2.87. The summed E-state index contributed by atoms with van der Waals surface area (Å²) >= 11 is 5.60. The number of H-pyrrole nitrogens is 1. The van der Waals surface area contributed by atoms with E-state index < -0.39 is 5.82 Å². The van der Waals surface area contributed by atoms with Crippen LogP contribution in [0.25, 0.3) is 11.4 Å². The van der Waals surface area contributed by atoms with Gasteiger partial charge < -0.3 is 0 Å². The van der Waals surface area contributed by atoms with Gasteiger partial charge >= 0.3 is 0 Å². The van der Waals surface area contributed by atoms with Crippen molar-refractivity contribution in [2.75, 3.05) is 11.4 Å². The van der Waals surface area contributed by atoms with E-state index in [1.165, 1.54) is 12.3 Å². The van der Waals surface area contributed by atoms with Crippen LogP contribution >= 0.6 is 11.6 Å². The van der Waals surface area contributed by atoms with Crippen LogP contribution in [0.2, 0.25) is 5.15 Å². The first-order valence-corrected chi connectivity index (χ1v) is 8.43. The summed E-state index contributed by atoms with van der Waals surface area (Å²) < 4.78 is 13.5. The number of halogens is 2. The molecular formula is C17H14ClFN6O. The van der Waals surface area contributed by atoms with Crippen LogP contribution in [0.15, 0.2) is 36.8 Å². The third-order valence-electron chi connectivity index (χ3n) is 4.32. The Balaban J connectivity index is 1.49. The lowest BCUT2D eigenvalue weighted by atomic mass is 9.99. The first kappa shape index (κ1) is 16.6. The molecule has 4 rings (SSSR count). The van der Waals surface area contributed by atoms with Crippen LogP contribution in [-0.4, -0.2) is 37.6 Å². The Labute approximate surface area is 153 Å². The number of rotatable bonds is 4. The van der Waals surface area contributed by atoms with Crippen molar-refractivity contribution in [2.24, 2.45) is 5.92 Å². The Kier molecular flexibility index (Phi) is 4.34. The van der Waals surface area contributed by atoms with Gasteiger partial charge in [-0.25, -0.2) is 9.37 Å². The Morgan fingerprint density at radius 2 is 2.15 bits per heavy atom. The third kappa shape index (κ3) is 3.15. The highest BCUT2D eigenvalue weighted by Gasteiger charge is 2.34. The molecule has 1 unspecified atom stereocenters. The van der Waals surface area contributed by atoms with Crippen LogP contribution in [0.4, 0.5) is 10.3 Å². The zero-order chi connectivity index (χ0) is 18.1. The molecule has 1 saturated heterocycles. The topological polar surface area (TPSA) is 87.7 Å². The highest BCUT2D eigenvalue weighted by atomic mass is 35.5. The fourth-order valence-corrected chi connectivity index (χ4v) is 3.10. The molecule has 0 bridgehead atoms. The number of pyridine rings is 2. The van der Waals surface area contributed by atoms with Crippen LogP contribution in [0.3, 0.4) is 0 Å². The van der Waals surface area contributed by atoms with Crippen molar-refractivity contribution in [1.29, 1.82) is 0 Å². The molecular weight excluding hydrogens is 359 g/mol. The van der Waals surface area contributed by atoms with E-state index in [9.17, 15) is 9.18 Å². The molecule has 9 heteroatoms. The first-order chi connectivity index (χ1) is 12.6. The second kappa shape index (κ2) is 6.80. The van der Waals surface area contributed by atoms with Crippen LogP contribution < -0.4 is 4.90 Å². The van der Waals surface area contributed by atoms with Crippen molar-refractivity contribution in [2.45, 2.75) is 12.8 Å². The minimum Gasteiger partial charge on any atom is -0.279 e. The Bertz CT molecular complexity index is 947. The molecule has 1 amide bonds. The molecule has 132 valence electrons. The maximum Gasteiger partial charge on any atom is 0.251 e. The molecule has 1 fully saturated rings. The fourth-order valence-electron chi connectivity index (χ4n) is 3.00. The summed E-state index contributed by atoms with van der Waals surface area (Å²) in [4.78, 5) is 26.4. The molecule has 1 N–H and O–H groups in total. The van der Waals surface area contributed by atoms with E-state index in [0.717, 1.165) is 5.56 Å². The Morgan fingerprint density at radius 3 is 2.92 bits per heavy atom. The van der Waals surface area contributed by atoms with Gasteiger partial charge in [-0.2, -0.15) is 4.98 Å². The minimum absolute atomic E-state index is 0.0827. The zero-order valence-corrected chi connectivity index (χ0v) is 14.3. The number of carbonyl (C=O) groups excluding carboxylic acids is 1. The molecule has 7 nitrogen and oxygen atoms in total. The molecule has 0 aliphatic carbocycles. The molecule has 1 aliphatic rings. The molecule has 0 aromatic carbocycles. The number of nitrogens with zero attached hydrogens (tertiary/aromatic N) is 5. The fraction of sp³-hybridized carbons (Fsp3) is 0.235. The standard InChI is InChI=1S/C17H14ClFN6O/c18-14-13(19)8-10(9-21-14)7-12-3-6-25(16(12)26)17-22-15(23-24-17)11-1-4-20-5-2-11/h1-2,4-5,8-9,12H,3,6-7H2,(H,22,23,24). The maximum atomic E-state index is 13.5. The van der Waals surface area contributed by atoms with Crippen LogP contribution in [0.5, 0.6) is 0 Å². The number of hydrogen-bond donors (Lipinski definition) is 1. The van der Waals surface area contributed by atoms with Crippen molar-refractivity contribution in [3.05, 3.63) is 53.3 Å². The van der Waals surface area contributed by atoms with Crippen molar-refractivity contribution in [1.82, 2.24) is 25.1 Å². The quantitative estimate of drug-likeness (QED) is 0.711. The Morgan fingerprint density at radius 1 is 1.35 bits per heavy atom. The zero-order valence-electron chi connectivity index (χ0n) is 13.6. The normalized spacial score (nSPS) is 17.1. The average molecular weight is 373 g/mol. The van der Waals surface area contributed by atoms with Gasteiger partial charge in [0.15, 0.2) is 16.8 Å². The number of amides is 1. The molecule has 3 aromatic heterocycles. The van der Waals surface area contributed by atoms with Crippen LogP contribution in [0.1, 0.15) is 12.0 Å². The largest absolute Gasteiger partial charge is 0.279 e. The predicted molar refractivity (Wildman–Crippen MR) is 93.0 cm³/mol. The second-order valence-corrected chi connectivity index (χ2v) is 6.37. The highest BCUT2D eigenvalue weighted by Crippen LogP contribution is 2.27. The first-order valence-electron chi connectivity index (χ1n) is 8.06. The molecule has 26 heavy (non-hydrogen) atoms. The van der Waals surface area contributed by atoms with E-state index in [1.807, 2.05) is 0 Å². The summed E-state index contributed by atoms with van der Waals surface area (Å²) in [6.45, 7) is 0.515. The lowest BCUT2D eigenvalue weighted by Gasteiger charge is -2.12. The lowest BCUT2D eigenvalue weighted by molar-refractivity contribution is -0.120. The monoisotopic (exact) mass is 372 g/mol. The maximum absolute atomic E-state index is 13.5. The van der Waals surface area contributed by atoms with Crippen molar-refractivity contribution in [3.63, 3.8) is 0 Å². The van der Waals surface area contributed by atoms with Gasteiger partial charge in [-0.05, 0) is 36.6 Å². The molecule has 3 aromatic rings. The van der Waals surface area contributed by atoms with E-state index in [1.54, 1.807) is 29.4 Å². The van der Waals surface area contributed by atoms with Gasteiger partial charge in [0, 0.05) is 36.6 Å². The summed E-state index contributed by atoms with van der Waals surface area (Å²) in [5.74, 6) is -0.0179. The number of aromatic amines is 1. The van der Waals surface area contributed by atoms with Gasteiger partial charge in [-0.1, -0.05) is 11.6 Å². The second-order valence-electron chi connectivity index (χ2n) is 6.02. The third-order valence-corrected chi connectivity index (χ3v) is 4.60. The van der Waals surface area contributed by atoms with Gasteiger partial charge in [0.25, 0.3) is 5.95 Å². The summed E-state index contributed by atoms with van der Waals surface area (Å²) in [6.07, 6.45) is 5.86. The minimum atomic E-state index is -0.581. The molecule has 0 saturated carbocycles. The molecule has 1 aliphatic heterocycles.